The zero-order valence-corrected chi connectivity index (χ0v) is 35.1. The van der Waals surface area contributed by atoms with Crippen molar-refractivity contribution in [2.75, 3.05) is 0 Å². The Morgan fingerprint density at radius 3 is 1.58 bits per heavy atom. The van der Waals surface area contributed by atoms with Crippen molar-refractivity contribution in [2.45, 2.75) is 37.5 Å². The average molecular weight is 802 g/mol. The van der Waals surface area contributed by atoms with Crippen molar-refractivity contribution in [2.24, 2.45) is 10.2 Å². The topological polar surface area (TPSA) is 38.9 Å². The van der Waals surface area contributed by atoms with Crippen LogP contribution in [0.2, 0.25) is 0 Å². The maximum Gasteiger partial charge on any atom is 0.238 e. The maximum absolute atomic E-state index is 6.42. The van der Waals surface area contributed by atoms with Crippen molar-refractivity contribution in [3.63, 3.8) is 0 Å². The number of benzene rings is 8. The fraction of sp³-hybridized carbons (Fsp3) is 0.103. The van der Waals surface area contributed by atoms with E-state index in [2.05, 4.69) is 229 Å². The zero-order valence-electron chi connectivity index (χ0n) is 35.1. The quantitative estimate of drug-likeness (QED) is 0.0556. The first-order chi connectivity index (χ1) is 30.6. The van der Waals surface area contributed by atoms with Crippen LogP contribution in [0.3, 0.4) is 0 Å². The molecule has 300 valence electrons. The summed E-state index contributed by atoms with van der Waals surface area (Å²) in [5.74, 6) is 1.01. The summed E-state index contributed by atoms with van der Waals surface area (Å²) in [6.45, 7) is 8.30. The van der Waals surface area contributed by atoms with Crippen LogP contribution in [0.1, 0.15) is 65.6 Å². The first-order valence-electron chi connectivity index (χ1n) is 21.5. The molecule has 1 aliphatic rings. The van der Waals surface area contributed by atoms with E-state index in [1.54, 1.807) is 0 Å². The Hall–Kier alpha value is -7.56. The van der Waals surface area contributed by atoms with Crippen LogP contribution in [0.4, 0.5) is 0 Å². The van der Waals surface area contributed by atoms with Gasteiger partial charge in [0.05, 0.1) is 16.4 Å². The smallest absolute Gasteiger partial charge is 0.238 e. The predicted octanol–water partition coefficient (Wildman–Crippen LogP) is 14.4. The lowest BCUT2D eigenvalue weighted by Crippen LogP contribution is -2.30. The first kappa shape index (κ1) is 38.6. The molecule has 0 N–H and O–H groups in total. The second-order valence-electron chi connectivity index (χ2n) is 16.1. The van der Waals surface area contributed by atoms with E-state index in [1.165, 1.54) is 66.4 Å². The van der Waals surface area contributed by atoms with Gasteiger partial charge >= 0.3 is 0 Å². The summed E-state index contributed by atoms with van der Waals surface area (Å²) in [6, 6.07) is 71.8. The molecule has 0 spiro atoms. The molecule has 4 heteroatoms. The lowest BCUT2D eigenvalue weighted by Gasteiger charge is -2.36. The maximum atomic E-state index is 6.42. The highest BCUT2D eigenvalue weighted by atomic mass is 16.5. The van der Waals surface area contributed by atoms with E-state index in [9.17, 15) is 0 Å². The molecule has 4 nitrogen and oxygen atoms in total. The van der Waals surface area contributed by atoms with Crippen molar-refractivity contribution in [3.8, 4) is 22.6 Å². The van der Waals surface area contributed by atoms with Crippen molar-refractivity contribution in [1.29, 1.82) is 0 Å². The molecular formula is C58H47N3O. The molecule has 0 unspecified atom stereocenters. The molecule has 8 aromatic carbocycles. The Bertz CT molecular complexity index is 2970. The van der Waals surface area contributed by atoms with E-state index in [-0.39, 0.29) is 5.41 Å². The van der Waals surface area contributed by atoms with Gasteiger partial charge in [0.1, 0.15) is 5.75 Å². The Morgan fingerprint density at radius 1 is 0.565 bits per heavy atom. The lowest BCUT2D eigenvalue weighted by atomic mass is 9.65. The van der Waals surface area contributed by atoms with Gasteiger partial charge in [0.25, 0.3) is 0 Å². The van der Waals surface area contributed by atoms with Crippen molar-refractivity contribution >= 4 is 40.5 Å². The third kappa shape index (κ3) is 6.30. The molecule has 1 aliphatic carbocycles. The number of rotatable bonds is 11. The number of nitrogens with zero attached hydrogens (tertiary/aromatic N) is 3. The highest BCUT2D eigenvalue weighted by Crippen LogP contribution is 2.54. The summed E-state index contributed by atoms with van der Waals surface area (Å²) < 4.78 is 8.85. The fourth-order valence-corrected chi connectivity index (χ4v) is 10.2. The molecule has 0 saturated heterocycles. The molecule has 0 amide bonds. The largest absolute Gasteiger partial charge is 0.438 e. The molecule has 1 heterocycles. The Morgan fingerprint density at radius 2 is 1.05 bits per heavy atom. The summed E-state index contributed by atoms with van der Waals surface area (Å²) in [5.41, 5.74) is 14.1. The fourth-order valence-electron chi connectivity index (χ4n) is 10.2. The molecule has 9 aromatic rings. The summed E-state index contributed by atoms with van der Waals surface area (Å²) in [7, 11) is 0. The summed E-state index contributed by atoms with van der Waals surface area (Å²) in [5, 5.41) is 10.7. The van der Waals surface area contributed by atoms with Crippen molar-refractivity contribution in [1.82, 2.24) is 4.57 Å². The zero-order chi connectivity index (χ0) is 42.1. The van der Waals surface area contributed by atoms with Gasteiger partial charge < -0.3 is 9.30 Å². The monoisotopic (exact) mass is 801 g/mol. The minimum atomic E-state index is -0.548. The third-order valence-electron chi connectivity index (χ3n) is 13.1. The van der Waals surface area contributed by atoms with Crippen LogP contribution in [0.25, 0.3) is 44.7 Å². The van der Waals surface area contributed by atoms with E-state index in [4.69, 9.17) is 4.74 Å². The van der Waals surface area contributed by atoms with Crippen LogP contribution in [-0.2, 0) is 10.8 Å². The third-order valence-corrected chi connectivity index (χ3v) is 13.1. The van der Waals surface area contributed by atoms with Gasteiger partial charge in [-0.2, -0.15) is 5.10 Å². The minimum Gasteiger partial charge on any atom is -0.438 e. The van der Waals surface area contributed by atoms with Crippen molar-refractivity contribution in [3.05, 3.63) is 245 Å². The molecule has 0 aliphatic heterocycles. The Balaban J connectivity index is 0.966. The molecule has 62 heavy (non-hydrogen) atoms. The highest BCUT2D eigenvalue weighted by Gasteiger charge is 2.41. The molecule has 10 rings (SSSR count). The number of hydrogen-bond acceptors (Lipinski definition) is 3. The van der Waals surface area contributed by atoms with Crippen LogP contribution in [-0.4, -0.2) is 17.2 Å². The Labute approximate surface area is 363 Å². The van der Waals surface area contributed by atoms with E-state index < -0.39 is 5.41 Å². The lowest BCUT2D eigenvalue weighted by molar-refractivity contribution is 0.490. The number of hydrogen-bond donors (Lipinski definition) is 0. The van der Waals surface area contributed by atoms with Gasteiger partial charge in [0.15, 0.2) is 0 Å². The van der Waals surface area contributed by atoms with Crippen molar-refractivity contribution < 1.29 is 4.74 Å². The molecule has 0 fully saturated rings. The molecule has 0 atom stereocenters. The predicted molar refractivity (Wildman–Crippen MR) is 259 cm³/mol. The van der Waals surface area contributed by atoms with Crippen LogP contribution in [0.15, 0.2) is 216 Å². The van der Waals surface area contributed by atoms with Gasteiger partial charge in [-0.3, -0.25) is 0 Å². The molecular weight excluding hydrogens is 755 g/mol. The number of aromatic nitrogens is 1. The van der Waals surface area contributed by atoms with Gasteiger partial charge in [0.2, 0.25) is 5.90 Å². The van der Waals surface area contributed by atoms with Crippen LogP contribution in [0, 0.1) is 0 Å². The van der Waals surface area contributed by atoms with Gasteiger partial charge in [-0.1, -0.05) is 178 Å². The van der Waals surface area contributed by atoms with Gasteiger partial charge in [-0.25, -0.2) is 0 Å². The first-order valence-corrected chi connectivity index (χ1v) is 21.5. The van der Waals surface area contributed by atoms with Gasteiger partial charge in [0, 0.05) is 34.7 Å². The van der Waals surface area contributed by atoms with E-state index in [1.807, 2.05) is 18.2 Å². The summed E-state index contributed by atoms with van der Waals surface area (Å²) >= 11 is 0. The number of fused-ring (bicyclic) bond motifs is 6. The van der Waals surface area contributed by atoms with E-state index in [0.29, 0.717) is 11.6 Å². The van der Waals surface area contributed by atoms with E-state index >= 15 is 0 Å². The second kappa shape index (κ2) is 16.1. The number of para-hydroxylation sites is 2. The van der Waals surface area contributed by atoms with E-state index in [0.717, 1.165) is 24.0 Å². The van der Waals surface area contributed by atoms with Crippen LogP contribution in [0.5, 0.6) is 5.75 Å². The molecule has 1 aromatic heterocycles. The van der Waals surface area contributed by atoms with Crippen LogP contribution >= 0.6 is 0 Å². The molecule has 0 radical (unpaired) electrons. The normalized spacial score (nSPS) is 13.4. The molecule has 0 bridgehead atoms. The Kier molecular flexibility index (Phi) is 10.1. The van der Waals surface area contributed by atoms with Gasteiger partial charge in [-0.05, 0) is 105 Å². The van der Waals surface area contributed by atoms with Crippen LogP contribution < -0.4 is 4.74 Å². The minimum absolute atomic E-state index is 0.129. The SMILES string of the molecule is C=N/N=C(/C=C/c1ccc2c(c1)C(CC)(CC)c1cc(-n3c4ccccc4c4ccccc43)ccc1-2)Oc1ccc(C(c2ccccc2)(c2ccccc2)c2ccccc2)cc1. The second-order valence-corrected chi connectivity index (χ2v) is 16.1. The summed E-state index contributed by atoms with van der Waals surface area (Å²) in [4.78, 5) is 0. The number of ether oxygens (including phenoxy) is 1. The van der Waals surface area contributed by atoms with Gasteiger partial charge in [-0.15, -0.1) is 5.10 Å². The standard InChI is InChI=1S/C58H47N3O/c1-4-57(5-2)52-39-41(29-36-48(52)49-37-33-46(40-53(49)57)61-54-27-17-15-25-50(54)51-26-16-18-28-55(51)61)30-38-56(60-59-3)62-47-34-31-45(32-35-47)58(42-19-9-6-10-20-42,43-21-11-7-12-22-43)44-23-13-8-14-24-44/h6-40H,3-5H2,1-2H3/b38-30+,60-56-. The molecule has 0 saturated carbocycles. The summed E-state index contributed by atoms with van der Waals surface area (Å²) in [6.07, 6.45) is 5.92. The average Bonchev–Trinajstić information content (AvgIpc) is 3.82. The highest BCUT2D eigenvalue weighted by molar-refractivity contribution is 6.09.